The van der Waals surface area contributed by atoms with Crippen LogP contribution in [0.1, 0.15) is 13.3 Å². The summed E-state index contributed by atoms with van der Waals surface area (Å²) in [5.41, 5.74) is 0. The number of rotatable bonds is 5. The largest absolute Gasteiger partial charge is 0.370 e. The lowest BCUT2D eigenvalue weighted by Gasteiger charge is -2.17. The highest BCUT2D eigenvalue weighted by Gasteiger charge is 2.22. The van der Waals surface area contributed by atoms with Gasteiger partial charge in [0.05, 0.1) is 0 Å². The molecule has 1 aromatic rings. The van der Waals surface area contributed by atoms with Crippen LogP contribution in [0.2, 0.25) is 0 Å². The summed E-state index contributed by atoms with van der Waals surface area (Å²) in [5, 5.41) is 6.46. The highest BCUT2D eigenvalue weighted by molar-refractivity contribution is 5.49. The van der Waals surface area contributed by atoms with Crippen LogP contribution in [0.3, 0.4) is 0 Å². The minimum Gasteiger partial charge on any atom is -0.370 e. The van der Waals surface area contributed by atoms with Crippen LogP contribution >= 0.6 is 0 Å². The molecule has 1 atom stereocenters. The molecule has 1 unspecified atom stereocenters. The predicted molar refractivity (Wildman–Crippen MR) is 70.4 cm³/mol. The van der Waals surface area contributed by atoms with Crippen LogP contribution in [0.4, 0.5) is 11.6 Å². The first kappa shape index (κ1) is 12.1. The minimum atomic E-state index is 0.734. The van der Waals surface area contributed by atoms with Crippen LogP contribution in [-0.2, 0) is 0 Å². The topological polar surface area (TPSA) is 53.1 Å². The van der Waals surface area contributed by atoms with Crippen molar-refractivity contribution >= 4 is 11.6 Å². The van der Waals surface area contributed by atoms with Gasteiger partial charge in [-0.15, -0.1) is 0 Å². The molecule has 5 nitrogen and oxygen atoms in total. The maximum absolute atomic E-state index is 4.35. The van der Waals surface area contributed by atoms with Crippen molar-refractivity contribution in [3.05, 3.63) is 12.4 Å². The molecule has 2 heterocycles. The Kier molecular flexibility index (Phi) is 4.14. The van der Waals surface area contributed by atoms with Gasteiger partial charge in [0.15, 0.2) is 0 Å². The Morgan fingerprint density at radius 2 is 2.35 bits per heavy atom. The standard InChI is InChI=1S/C12H21N5/c1-3-14-11-6-12(16-9-15-11)17-5-4-10(8-17)7-13-2/h6,9-10,13H,3-5,7-8H2,1-2H3,(H,14,15,16). The van der Waals surface area contributed by atoms with E-state index in [1.807, 2.05) is 13.1 Å². The van der Waals surface area contributed by atoms with Gasteiger partial charge in [-0.3, -0.25) is 0 Å². The van der Waals surface area contributed by atoms with E-state index >= 15 is 0 Å². The van der Waals surface area contributed by atoms with Crippen LogP contribution in [0.25, 0.3) is 0 Å². The molecule has 0 aliphatic carbocycles. The van der Waals surface area contributed by atoms with Crippen molar-refractivity contribution in [2.24, 2.45) is 5.92 Å². The fraction of sp³-hybridized carbons (Fsp3) is 0.667. The molecule has 94 valence electrons. The summed E-state index contributed by atoms with van der Waals surface area (Å²) in [4.78, 5) is 10.9. The van der Waals surface area contributed by atoms with E-state index < -0.39 is 0 Å². The lowest BCUT2D eigenvalue weighted by Crippen LogP contribution is -2.25. The third kappa shape index (κ3) is 3.06. The molecular formula is C12H21N5. The minimum absolute atomic E-state index is 0.734. The summed E-state index contributed by atoms with van der Waals surface area (Å²) in [6, 6.07) is 2.03. The van der Waals surface area contributed by atoms with E-state index in [9.17, 15) is 0 Å². The zero-order chi connectivity index (χ0) is 12.1. The summed E-state index contributed by atoms with van der Waals surface area (Å²) in [5.74, 6) is 2.68. The van der Waals surface area contributed by atoms with Crippen molar-refractivity contribution in [2.45, 2.75) is 13.3 Å². The van der Waals surface area contributed by atoms with Gasteiger partial charge in [0.1, 0.15) is 18.0 Å². The van der Waals surface area contributed by atoms with E-state index in [1.54, 1.807) is 6.33 Å². The molecule has 1 saturated heterocycles. The summed E-state index contributed by atoms with van der Waals surface area (Å²) in [6.45, 7) is 6.22. The number of anilines is 2. The van der Waals surface area contributed by atoms with Crippen LogP contribution < -0.4 is 15.5 Å². The van der Waals surface area contributed by atoms with Gasteiger partial charge in [-0.2, -0.15) is 0 Å². The quantitative estimate of drug-likeness (QED) is 0.796. The molecule has 17 heavy (non-hydrogen) atoms. The van der Waals surface area contributed by atoms with Crippen LogP contribution in [0, 0.1) is 5.92 Å². The van der Waals surface area contributed by atoms with Gasteiger partial charge in [-0.1, -0.05) is 0 Å². The van der Waals surface area contributed by atoms with Gasteiger partial charge in [-0.25, -0.2) is 9.97 Å². The Bertz CT molecular complexity index is 355. The van der Waals surface area contributed by atoms with E-state index in [4.69, 9.17) is 0 Å². The Morgan fingerprint density at radius 3 is 3.12 bits per heavy atom. The van der Waals surface area contributed by atoms with Crippen molar-refractivity contribution in [1.82, 2.24) is 15.3 Å². The molecule has 0 radical (unpaired) electrons. The second-order valence-corrected chi connectivity index (χ2v) is 4.45. The van der Waals surface area contributed by atoms with Crippen molar-refractivity contribution in [1.29, 1.82) is 0 Å². The van der Waals surface area contributed by atoms with Crippen molar-refractivity contribution in [3.8, 4) is 0 Å². The molecule has 2 N–H and O–H groups in total. The van der Waals surface area contributed by atoms with E-state index in [-0.39, 0.29) is 0 Å². The van der Waals surface area contributed by atoms with Gasteiger partial charge in [0.25, 0.3) is 0 Å². The fourth-order valence-corrected chi connectivity index (χ4v) is 2.29. The second kappa shape index (κ2) is 5.82. The van der Waals surface area contributed by atoms with Gasteiger partial charge < -0.3 is 15.5 Å². The average molecular weight is 235 g/mol. The van der Waals surface area contributed by atoms with Crippen LogP contribution in [-0.4, -0.2) is 43.2 Å². The number of aromatic nitrogens is 2. The van der Waals surface area contributed by atoms with Gasteiger partial charge >= 0.3 is 0 Å². The normalized spacial score (nSPS) is 19.6. The van der Waals surface area contributed by atoms with Crippen molar-refractivity contribution < 1.29 is 0 Å². The Hall–Kier alpha value is -1.36. The zero-order valence-electron chi connectivity index (χ0n) is 10.6. The lowest BCUT2D eigenvalue weighted by molar-refractivity contribution is 0.549. The lowest BCUT2D eigenvalue weighted by atomic mass is 10.1. The fourth-order valence-electron chi connectivity index (χ4n) is 2.29. The molecule has 2 rings (SSSR count). The summed E-state index contributed by atoms with van der Waals surface area (Å²) >= 11 is 0. The summed E-state index contributed by atoms with van der Waals surface area (Å²) in [6.07, 6.45) is 2.88. The third-order valence-corrected chi connectivity index (χ3v) is 3.11. The monoisotopic (exact) mass is 235 g/mol. The molecule has 1 fully saturated rings. The highest BCUT2D eigenvalue weighted by Crippen LogP contribution is 2.22. The van der Waals surface area contributed by atoms with E-state index in [1.165, 1.54) is 6.42 Å². The van der Waals surface area contributed by atoms with Gasteiger partial charge in [0, 0.05) is 25.7 Å². The highest BCUT2D eigenvalue weighted by atomic mass is 15.2. The number of hydrogen-bond acceptors (Lipinski definition) is 5. The molecule has 0 aromatic carbocycles. The molecule has 1 aliphatic rings. The van der Waals surface area contributed by atoms with E-state index in [0.717, 1.165) is 43.7 Å². The molecule has 0 saturated carbocycles. The summed E-state index contributed by atoms with van der Waals surface area (Å²) in [7, 11) is 2.01. The smallest absolute Gasteiger partial charge is 0.134 e. The van der Waals surface area contributed by atoms with Crippen LogP contribution in [0.15, 0.2) is 12.4 Å². The first-order chi connectivity index (χ1) is 8.33. The second-order valence-electron chi connectivity index (χ2n) is 4.45. The van der Waals surface area contributed by atoms with Gasteiger partial charge in [0.2, 0.25) is 0 Å². The maximum Gasteiger partial charge on any atom is 0.134 e. The molecule has 0 spiro atoms. The first-order valence-corrected chi connectivity index (χ1v) is 6.29. The van der Waals surface area contributed by atoms with E-state index in [0.29, 0.717) is 0 Å². The molecule has 0 bridgehead atoms. The maximum atomic E-state index is 4.35. The molecule has 1 aliphatic heterocycles. The van der Waals surface area contributed by atoms with E-state index in [2.05, 4.69) is 32.4 Å². The predicted octanol–water partition coefficient (Wildman–Crippen LogP) is 0.954. The zero-order valence-corrected chi connectivity index (χ0v) is 10.6. The molecule has 0 amide bonds. The van der Waals surface area contributed by atoms with Crippen LogP contribution in [0.5, 0.6) is 0 Å². The number of nitrogens with one attached hydrogen (secondary N) is 2. The van der Waals surface area contributed by atoms with Crippen molar-refractivity contribution in [2.75, 3.05) is 43.4 Å². The molecule has 5 heteroatoms. The number of nitrogens with zero attached hydrogens (tertiary/aromatic N) is 3. The Morgan fingerprint density at radius 1 is 1.47 bits per heavy atom. The molecule has 1 aromatic heterocycles. The van der Waals surface area contributed by atoms with Crippen molar-refractivity contribution in [3.63, 3.8) is 0 Å². The molecular weight excluding hydrogens is 214 g/mol. The van der Waals surface area contributed by atoms with Gasteiger partial charge in [-0.05, 0) is 32.9 Å². The Labute approximate surface area is 103 Å². The first-order valence-electron chi connectivity index (χ1n) is 6.29. The average Bonchev–Trinajstić information content (AvgIpc) is 2.79. The SMILES string of the molecule is CCNc1cc(N2CCC(CNC)C2)ncn1. The summed E-state index contributed by atoms with van der Waals surface area (Å²) < 4.78 is 0. The Balaban J connectivity index is 2.00. The third-order valence-electron chi connectivity index (χ3n) is 3.11. The number of hydrogen-bond donors (Lipinski definition) is 2.